The Labute approximate surface area is 327 Å². The van der Waals surface area contributed by atoms with Crippen LogP contribution in [0.1, 0.15) is 56.6 Å². The highest BCUT2D eigenvalue weighted by Crippen LogP contribution is 2.27. The fraction of sp³-hybridized carbons (Fsp3) is 0.513. The first-order chi connectivity index (χ1) is 27.2. The Bertz CT molecular complexity index is 1880. The van der Waals surface area contributed by atoms with Crippen molar-refractivity contribution in [3.8, 4) is 0 Å². The predicted molar refractivity (Wildman–Crippen MR) is 197 cm³/mol. The molecule has 0 saturated carbocycles. The molecule has 2 aromatic rings. The first-order valence-electron chi connectivity index (χ1n) is 19.1. The fourth-order valence-corrected chi connectivity index (χ4v) is 7.86. The minimum Gasteiger partial charge on any atom is -0.461 e. The summed E-state index contributed by atoms with van der Waals surface area (Å²) in [5.74, 6) is -6.63. The number of hydrogen-bond donors (Lipinski definition) is 4. The largest absolute Gasteiger partial charge is 0.461 e. The van der Waals surface area contributed by atoms with E-state index in [0.29, 0.717) is 37.4 Å². The number of ether oxygens (including phenoxy) is 1. The summed E-state index contributed by atoms with van der Waals surface area (Å²) in [6.45, 7) is 2.27. The highest BCUT2D eigenvalue weighted by Gasteiger charge is 2.46. The second-order valence-corrected chi connectivity index (χ2v) is 15.0. The predicted octanol–water partition coefficient (Wildman–Crippen LogP) is 1.86. The molecular weight excluding hydrogens is 751 g/mol. The Hall–Kier alpha value is -5.68. The van der Waals surface area contributed by atoms with Crippen molar-refractivity contribution in [3.63, 3.8) is 0 Å². The van der Waals surface area contributed by atoms with Crippen LogP contribution in [0.15, 0.2) is 42.5 Å². The first kappa shape index (κ1) is 41.0. The lowest BCUT2D eigenvalue weighted by Gasteiger charge is -2.39. The Morgan fingerprint density at radius 3 is 2.25 bits per heavy atom. The number of fused-ring (bicyclic) bond motifs is 3. The van der Waals surface area contributed by atoms with E-state index in [-0.39, 0.29) is 25.1 Å². The van der Waals surface area contributed by atoms with Gasteiger partial charge in [0.1, 0.15) is 60.7 Å². The molecular formula is C39H46F3N7O8. The summed E-state index contributed by atoms with van der Waals surface area (Å²) in [7, 11) is 0. The molecule has 6 rings (SSSR count). The summed E-state index contributed by atoms with van der Waals surface area (Å²) in [6, 6.07) is 0.617. The maximum absolute atomic E-state index is 14.8. The maximum Gasteiger partial charge on any atom is 0.329 e. The van der Waals surface area contributed by atoms with Gasteiger partial charge in [-0.05, 0) is 75.8 Å². The van der Waals surface area contributed by atoms with Crippen LogP contribution in [0.4, 0.5) is 23.7 Å². The lowest BCUT2D eigenvalue weighted by molar-refractivity contribution is -0.158. The number of cyclic esters (lactones) is 1. The van der Waals surface area contributed by atoms with Crippen LogP contribution in [-0.2, 0) is 39.9 Å². The number of alkyl halides is 1. The van der Waals surface area contributed by atoms with Crippen LogP contribution in [0.5, 0.6) is 0 Å². The molecule has 57 heavy (non-hydrogen) atoms. The molecule has 0 aliphatic carbocycles. The molecule has 0 bridgehead atoms. The summed E-state index contributed by atoms with van der Waals surface area (Å²) < 4.78 is 48.8. The van der Waals surface area contributed by atoms with Crippen molar-refractivity contribution in [2.45, 2.75) is 101 Å². The van der Waals surface area contributed by atoms with E-state index < -0.39 is 122 Å². The number of piperidine rings is 1. The van der Waals surface area contributed by atoms with Crippen LogP contribution in [-0.4, -0.2) is 125 Å². The number of nitrogens with one attached hydrogen (secondary N) is 4. The molecule has 4 aliphatic heterocycles. The summed E-state index contributed by atoms with van der Waals surface area (Å²) in [5, 5.41) is 10.2. The smallest absolute Gasteiger partial charge is 0.329 e. The second kappa shape index (κ2) is 17.6. The highest BCUT2D eigenvalue weighted by molar-refractivity contribution is 5.98. The molecule has 2 aromatic carbocycles. The van der Waals surface area contributed by atoms with Crippen molar-refractivity contribution in [3.05, 3.63) is 65.2 Å². The number of aryl methyl sites for hydroxylation is 1. The number of halogens is 3. The summed E-state index contributed by atoms with van der Waals surface area (Å²) in [6.07, 6.45) is -0.331. The third-order valence-electron chi connectivity index (χ3n) is 10.7. The number of esters is 1. The van der Waals surface area contributed by atoms with Gasteiger partial charge in [0.15, 0.2) is 0 Å². The number of urea groups is 1. The second-order valence-electron chi connectivity index (χ2n) is 15.0. The van der Waals surface area contributed by atoms with Gasteiger partial charge in [0.25, 0.3) is 0 Å². The third-order valence-corrected chi connectivity index (χ3v) is 10.7. The maximum atomic E-state index is 14.8. The summed E-state index contributed by atoms with van der Waals surface area (Å²) in [4.78, 5) is 100. The van der Waals surface area contributed by atoms with E-state index in [2.05, 4.69) is 21.3 Å². The number of carbonyl (C=O) groups is 7. The first-order valence-corrected chi connectivity index (χ1v) is 19.1. The van der Waals surface area contributed by atoms with Crippen molar-refractivity contribution in [2.75, 3.05) is 31.6 Å². The Morgan fingerprint density at radius 2 is 1.53 bits per heavy atom. The molecule has 7 atom stereocenters. The quantitative estimate of drug-likeness (QED) is 0.319. The topological polar surface area (TPSA) is 187 Å². The van der Waals surface area contributed by atoms with Gasteiger partial charge in [-0.1, -0.05) is 17.7 Å². The SMILES string of the molecule is Cc1ccc(NC(=O)N[C@@H](Cc2cc(F)cc(F)c2)C(=O)N[C@H]2COC(=O)C3C[C@@H](F)CN3C(=O)[C@H](C)NC(=O)C3CCCCN3C(=O)C3CCCN3C2=O)cc1. The molecule has 0 aromatic heterocycles. The average molecular weight is 798 g/mol. The number of anilines is 1. The van der Waals surface area contributed by atoms with E-state index in [1.165, 1.54) is 16.7 Å². The van der Waals surface area contributed by atoms with Crippen LogP contribution in [0, 0.1) is 18.6 Å². The van der Waals surface area contributed by atoms with Gasteiger partial charge in [-0.15, -0.1) is 0 Å². The van der Waals surface area contributed by atoms with E-state index in [4.69, 9.17) is 4.74 Å². The molecule has 4 aliphatic rings. The number of rotatable bonds is 6. The van der Waals surface area contributed by atoms with E-state index in [1.54, 1.807) is 24.3 Å². The average Bonchev–Trinajstić information content (AvgIpc) is 3.82. The van der Waals surface area contributed by atoms with Crippen molar-refractivity contribution in [1.29, 1.82) is 0 Å². The summed E-state index contributed by atoms with van der Waals surface area (Å²) in [5.41, 5.74) is 1.28. The fourth-order valence-electron chi connectivity index (χ4n) is 7.86. The minimum absolute atomic E-state index is 0.00893. The van der Waals surface area contributed by atoms with E-state index in [0.717, 1.165) is 22.6 Å². The van der Waals surface area contributed by atoms with Crippen LogP contribution in [0.25, 0.3) is 0 Å². The molecule has 4 N–H and O–H groups in total. The van der Waals surface area contributed by atoms with Crippen molar-refractivity contribution < 1.29 is 51.5 Å². The third kappa shape index (κ3) is 9.65. The number of hydrogen-bond acceptors (Lipinski definition) is 8. The van der Waals surface area contributed by atoms with Crippen molar-refractivity contribution >= 4 is 47.2 Å². The monoisotopic (exact) mass is 797 g/mol. The number of nitrogens with zero attached hydrogens (tertiary/aromatic N) is 3. The molecule has 0 radical (unpaired) electrons. The standard InChI is InChI=1S/C39H46F3N7O8/c1-21-8-10-27(11-9-21)44-39(56)46-28(16-23-14-24(40)17-25(41)15-23)33(50)45-29-20-57-38(55)32-18-26(42)19-49(32)35(52)22(2)43-34(51)30-6-3-4-12-47(30)37(54)31-7-5-13-48(31)36(29)53/h8-11,14-15,17,22,26,28-32H,3-7,12-13,16,18-20H2,1-2H3,(H,43,51)(H,45,50)(H2,44,46,56)/t22-,26+,28-,29-,30?,31?,32?/m0/s1. The van der Waals surface area contributed by atoms with Crippen LogP contribution in [0.3, 0.4) is 0 Å². The molecule has 4 heterocycles. The highest BCUT2D eigenvalue weighted by atomic mass is 19.1. The molecule has 7 amide bonds. The van der Waals surface area contributed by atoms with Crippen LogP contribution in [0.2, 0.25) is 0 Å². The Kier molecular flexibility index (Phi) is 12.7. The van der Waals surface area contributed by atoms with E-state index >= 15 is 0 Å². The molecule has 306 valence electrons. The zero-order valence-electron chi connectivity index (χ0n) is 31.6. The lowest BCUT2D eigenvalue weighted by atomic mass is 9.99. The molecule has 15 nitrogen and oxygen atoms in total. The number of carbonyl (C=O) groups excluding carboxylic acids is 7. The van der Waals surface area contributed by atoms with Gasteiger partial charge in [-0.25, -0.2) is 22.8 Å². The number of amides is 7. The molecule has 3 unspecified atom stereocenters. The van der Waals surface area contributed by atoms with Gasteiger partial charge in [-0.2, -0.15) is 0 Å². The Morgan fingerprint density at radius 1 is 0.860 bits per heavy atom. The zero-order chi connectivity index (χ0) is 41.0. The lowest BCUT2D eigenvalue weighted by Crippen LogP contribution is -2.62. The van der Waals surface area contributed by atoms with Gasteiger partial charge in [0, 0.05) is 37.7 Å². The van der Waals surface area contributed by atoms with Crippen LogP contribution < -0.4 is 21.3 Å². The van der Waals surface area contributed by atoms with Gasteiger partial charge in [0.05, 0.1) is 6.54 Å². The van der Waals surface area contributed by atoms with E-state index in [1.807, 2.05) is 6.92 Å². The minimum atomic E-state index is -1.68. The summed E-state index contributed by atoms with van der Waals surface area (Å²) >= 11 is 0. The zero-order valence-corrected chi connectivity index (χ0v) is 31.6. The number of benzene rings is 2. The molecule has 4 fully saturated rings. The van der Waals surface area contributed by atoms with Gasteiger partial charge in [-0.3, -0.25) is 24.0 Å². The molecule has 0 spiro atoms. The molecule has 4 saturated heterocycles. The Balaban J connectivity index is 1.31. The van der Waals surface area contributed by atoms with Crippen molar-refractivity contribution in [2.24, 2.45) is 0 Å². The van der Waals surface area contributed by atoms with Gasteiger partial charge < -0.3 is 40.7 Å². The van der Waals surface area contributed by atoms with E-state index in [9.17, 15) is 46.7 Å². The molecule has 18 heteroatoms. The van der Waals surface area contributed by atoms with Gasteiger partial charge >= 0.3 is 12.0 Å². The van der Waals surface area contributed by atoms with Gasteiger partial charge in [0.2, 0.25) is 29.5 Å². The van der Waals surface area contributed by atoms with Crippen LogP contribution >= 0.6 is 0 Å². The normalized spacial score (nSPS) is 26.5. The van der Waals surface area contributed by atoms with Crippen molar-refractivity contribution in [1.82, 2.24) is 30.7 Å².